The van der Waals surface area contributed by atoms with Gasteiger partial charge in [0.15, 0.2) is 0 Å². The molecule has 0 radical (unpaired) electrons. The molecule has 0 aliphatic rings. The van der Waals surface area contributed by atoms with Crippen molar-refractivity contribution in [1.29, 1.82) is 0 Å². The molecule has 0 unspecified atom stereocenters. The van der Waals surface area contributed by atoms with E-state index in [0.717, 1.165) is 4.68 Å². The Labute approximate surface area is 65.6 Å². The third-order valence-corrected chi connectivity index (χ3v) is 1.55. The van der Waals surface area contributed by atoms with Gasteiger partial charge < -0.3 is 5.11 Å². The third-order valence-electron chi connectivity index (χ3n) is 0.977. The van der Waals surface area contributed by atoms with Gasteiger partial charge in [-0.05, 0) is 6.07 Å². The van der Waals surface area contributed by atoms with Crippen LogP contribution in [0, 0.1) is 0 Å². The van der Waals surface area contributed by atoms with Gasteiger partial charge >= 0.3 is 6.09 Å². The highest BCUT2D eigenvalue weighted by molar-refractivity contribution is 9.08. The molecule has 54 valence electrons. The number of nitrogens with zero attached hydrogens (tertiary/aromatic N) is 2. The van der Waals surface area contributed by atoms with E-state index in [9.17, 15) is 4.79 Å². The van der Waals surface area contributed by atoms with Gasteiger partial charge in [-0.25, -0.2) is 4.79 Å². The molecule has 0 bridgehead atoms. The van der Waals surface area contributed by atoms with Crippen LogP contribution in [0.3, 0.4) is 0 Å². The summed E-state index contributed by atoms with van der Waals surface area (Å²) in [5, 5.41) is 12.7. The number of carbonyl (C=O) groups is 1. The number of carboxylic acid groups (broad SMARTS) is 1. The van der Waals surface area contributed by atoms with E-state index in [4.69, 9.17) is 5.11 Å². The first-order valence-electron chi connectivity index (χ1n) is 2.58. The average Bonchev–Trinajstić information content (AvgIpc) is 2.34. The smallest absolute Gasteiger partial charge is 0.432 e. The second kappa shape index (κ2) is 2.83. The molecule has 0 spiro atoms. The Morgan fingerprint density at radius 1 is 1.90 bits per heavy atom. The fourth-order valence-electron chi connectivity index (χ4n) is 0.539. The zero-order chi connectivity index (χ0) is 7.56. The molecule has 0 aliphatic heterocycles. The molecule has 1 aromatic heterocycles. The first-order valence-corrected chi connectivity index (χ1v) is 3.70. The summed E-state index contributed by atoms with van der Waals surface area (Å²) < 4.78 is 0.872. The fourth-order valence-corrected chi connectivity index (χ4v) is 0.839. The molecule has 0 amide bonds. The van der Waals surface area contributed by atoms with Crippen LogP contribution >= 0.6 is 15.9 Å². The van der Waals surface area contributed by atoms with Crippen LogP contribution in [0.4, 0.5) is 4.79 Å². The van der Waals surface area contributed by atoms with Gasteiger partial charge in [0, 0.05) is 11.5 Å². The van der Waals surface area contributed by atoms with E-state index >= 15 is 0 Å². The van der Waals surface area contributed by atoms with Crippen LogP contribution in [0.1, 0.15) is 5.69 Å². The Kier molecular flexibility index (Phi) is 2.06. The molecule has 0 atom stereocenters. The summed E-state index contributed by atoms with van der Waals surface area (Å²) in [6.45, 7) is 0. The van der Waals surface area contributed by atoms with Crippen LogP contribution in [0.15, 0.2) is 12.3 Å². The first kappa shape index (κ1) is 7.27. The fraction of sp³-hybridized carbons (Fsp3) is 0.200. The molecule has 0 saturated heterocycles. The zero-order valence-corrected chi connectivity index (χ0v) is 6.58. The van der Waals surface area contributed by atoms with Crippen molar-refractivity contribution in [2.45, 2.75) is 5.33 Å². The van der Waals surface area contributed by atoms with Crippen LogP contribution in [-0.4, -0.2) is 21.0 Å². The number of aromatic nitrogens is 2. The summed E-state index contributed by atoms with van der Waals surface area (Å²) >= 11 is 3.15. The van der Waals surface area contributed by atoms with Crippen LogP contribution in [0.25, 0.3) is 0 Å². The molecular formula is C5H5BrN2O2. The lowest BCUT2D eigenvalue weighted by Crippen LogP contribution is -2.08. The summed E-state index contributed by atoms with van der Waals surface area (Å²) in [5.74, 6) is 0. The predicted molar refractivity (Wildman–Crippen MR) is 38.3 cm³/mol. The van der Waals surface area contributed by atoms with Gasteiger partial charge in [-0.15, -0.1) is 0 Å². The van der Waals surface area contributed by atoms with Gasteiger partial charge in [0.1, 0.15) is 0 Å². The summed E-state index contributed by atoms with van der Waals surface area (Å²) in [6.07, 6.45) is 0.339. The highest BCUT2D eigenvalue weighted by atomic mass is 79.9. The molecule has 10 heavy (non-hydrogen) atoms. The van der Waals surface area contributed by atoms with Crippen LogP contribution in [0.5, 0.6) is 0 Å². The Morgan fingerprint density at radius 2 is 2.60 bits per heavy atom. The molecule has 1 heterocycles. The van der Waals surface area contributed by atoms with Gasteiger partial charge in [0.25, 0.3) is 0 Å². The SMILES string of the molecule is O=C(O)n1ccc(CBr)n1. The lowest BCUT2D eigenvalue weighted by molar-refractivity contribution is 0.192. The Balaban J connectivity index is 2.88. The van der Waals surface area contributed by atoms with Crippen molar-refractivity contribution in [3.63, 3.8) is 0 Å². The molecule has 0 aliphatic carbocycles. The number of halogens is 1. The number of alkyl halides is 1. The standard InChI is InChI=1S/C5H5BrN2O2/c6-3-4-1-2-8(7-4)5(9)10/h1-2H,3H2,(H,9,10). The maximum atomic E-state index is 10.2. The van der Waals surface area contributed by atoms with Gasteiger partial charge in [-0.1, -0.05) is 15.9 Å². The van der Waals surface area contributed by atoms with E-state index in [2.05, 4.69) is 21.0 Å². The summed E-state index contributed by atoms with van der Waals surface area (Å²) in [4.78, 5) is 10.2. The highest BCUT2D eigenvalue weighted by Gasteiger charge is 2.01. The molecule has 5 heteroatoms. The van der Waals surface area contributed by atoms with Crippen molar-refractivity contribution in [3.05, 3.63) is 18.0 Å². The normalized spacial score (nSPS) is 9.70. The van der Waals surface area contributed by atoms with Gasteiger partial charge in [0.05, 0.1) is 5.69 Å². The largest absolute Gasteiger partial charge is 0.463 e. The lowest BCUT2D eigenvalue weighted by atomic mass is 10.5. The van der Waals surface area contributed by atoms with Gasteiger partial charge in [-0.3, -0.25) is 0 Å². The second-order valence-corrected chi connectivity index (χ2v) is 2.23. The van der Waals surface area contributed by atoms with E-state index < -0.39 is 6.09 Å². The van der Waals surface area contributed by atoms with Crippen LogP contribution < -0.4 is 0 Å². The summed E-state index contributed by atoms with van der Waals surface area (Å²) in [7, 11) is 0. The molecule has 1 N–H and O–H groups in total. The molecular weight excluding hydrogens is 200 g/mol. The Bertz CT molecular complexity index is 246. The molecule has 0 aromatic carbocycles. The van der Waals surface area contributed by atoms with Gasteiger partial charge in [0.2, 0.25) is 0 Å². The number of hydrogen-bond acceptors (Lipinski definition) is 2. The quantitative estimate of drug-likeness (QED) is 0.703. The Hall–Kier alpha value is -0.840. The molecule has 4 nitrogen and oxygen atoms in total. The minimum Gasteiger partial charge on any atom is -0.463 e. The third kappa shape index (κ3) is 1.36. The zero-order valence-electron chi connectivity index (χ0n) is 4.99. The first-order chi connectivity index (χ1) is 4.74. The second-order valence-electron chi connectivity index (χ2n) is 1.67. The monoisotopic (exact) mass is 204 g/mol. The summed E-state index contributed by atoms with van der Waals surface area (Å²) in [6, 6.07) is 1.64. The maximum absolute atomic E-state index is 10.2. The van der Waals surface area contributed by atoms with Crippen molar-refractivity contribution in [2.24, 2.45) is 0 Å². The lowest BCUT2D eigenvalue weighted by Gasteiger charge is -1.87. The van der Waals surface area contributed by atoms with E-state index in [-0.39, 0.29) is 0 Å². The van der Waals surface area contributed by atoms with Crippen molar-refractivity contribution in [2.75, 3.05) is 0 Å². The van der Waals surface area contributed by atoms with E-state index in [1.807, 2.05) is 0 Å². The Morgan fingerprint density at radius 3 is 2.90 bits per heavy atom. The molecule has 1 aromatic rings. The van der Waals surface area contributed by atoms with Crippen molar-refractivity contribution < 1.29 is 9.90 Å². The molecule has 0 saturated carbocycles. The predicted octanol–water partition coefficient (Wildman–Crippen LogP) is 1.30. The maximum Gasteiger partial charge on any atom is 0.432 e. The van der Waals surface area contributed by atoms with Crippen LogP contribution in [-0.2, 0) is 5.33 Å². The van der Waals surface area contributed by atoms with Crippen LogP contribution in [0.2, 0.25) is 0 Å². The van der Waals surface area contributed by atoms with E-state index in [1.165, 1.54) is 6.20 Å². The van der Waals surface area contributed by atoms with Gasteiger partial charge in [-0.2, -0.15) is 9.78 Å². The van der Waals surface area contributed by atoms with E-state index in [1.54, 1.807) is 6.07 Å². The minimum absolute atomic E-state index is 0.577. The minimum atomic E-state index is -1.06. The number of hydrogen-bond donors (Lipinski definition) is 1. The molecule has 1 rings (SSSR count). The van der Waals surface area contributed by atoms with Crippen molar-refractivity contribution in [3.8, 4) is 0 Å². The topological polar surface area (TPSA) is 55.1 Å². The number of rotatable bonds is 1. The summed E-state index contributed by atoms with van der Waals surface area (Å²) in [5.41, 5.74) is 0.711. The van der Waals surface area contributed by atoms with E-state index in [0.29, 0.717) is 11.0 Å². The highest BCUT2D eigenvalue weighted by Crippen LogP contribution is 2.00. The van der Waals surface area contributed by atoms with Crippen molar-refractivity contribution >= 4 is 22.0 Å². The van der Waals surface area contributed by atoms with Crippen molar-refractivity contribution in [1.82, 2.24) is 9.78 Å². The average molecular weight is 205 g/mol. The molecule has 0 fully saturated rings.